The lowest BCUT2D eigenvalue weighted by Crippen LogP contribution is -2.33. The van der Waals surface area contributed by atoms with Crippen molar-refractivity contribution in [2.75, 3.05) is 6.54 Å². The van der Waals surface area contributed by atoms with Gasteiger partial charge in [0.1, 0.15) is 4.70 Å². The van der Waals surface area contributed by atoms with Crippen LogP contribution in [0.25, 0.3) is 10.2 Å². The van der Waals surface area contributed by atoms with Gasteiger partial charge in [-0.1, -0.05) is 25.7 Å². The van der Waals surface area contributed by atoms with Crippen molar-refractivity contribution in [1.82, 2.24) is 14.9 Å². The second-order valence-corrected chi connectivity index (χ2v) is 6.44. The Labute approximate surface area is 122 Å². The maximum absolute atomic E-state index is 12.2. The van der Waals surface area contributed by atoms with Crippen LogP contribution in [0, 0.1) is 0 Å². The normalized spacial score (nSPS) is 17.4. The molecule has 0 radical (unpaired) electrons. The van der Waals surface area contributed by atoms with Crippen molar-refractivity contribution in [3.8, 4) is 0 Å². The molecule has 2 aromatic heterocycles. The Morgan fingerprint density at radius 1 is 1.30 bits per heavy atom. The molecule has 1 aliphatic carbocycles. The van der Waals surface area contributed by atoms with Gasteiger partial charge in [-0.05, 0) is 24.3 Å². The standard InChI is InChI=1S/C15H21N3OS/c19-15-14-13(7-10-20-14)17-11-18(15)9-8-16-12-5-3-1-2-4-6-12/h7,10-12,16H,1-6,8-9H2. The highest BCUT2D eigenvalue weighted by Crippen LogP contribution is 2.17. The largest absolute Gasteiger partial charge is 0.312 e. The number of rotatable bonds is 4. The van der Waals surface area contributed by atoms with Gasteiger partial charge in [0.05, 0.1) is 11.8 Å². The zero-order valence-electron chi connectivity index (χ0n) is 11.7. The Kier molecular flexibility index (Phi) is 4.47. The fourth-order valence-electron chi connectivity index (χ4n) is 2.91. The number of nitrogens with zero attached hydrogens (tertiary/aromatic N) is 2. The lowest BCUT2D eigenvalue weighted by atomic mass is 10.1. The summed E-state index contributed by atoms with van der Waals surface area (Å²) in [6.07, 6.45) is 9.63. The number of hydrogen-bond donors (Lipinski definition) is 1. The van der Waals surface area contributed by atoms with Crippen molar-refractivity contribution in [1.29, 1.82) is 0 Å². The van der Waals surface area contributed by atoms with E-state index >= 15 is 0 Å². The van der Waals surface area contributed by atoms with Crippen LogP contribution in [0.4, 0.5) is 0 Å². The van der Waals surface area contributed by atoms with Crippen LogP contribution in [-0.4, -0.2) is 22.1 Å². The van der Waals surface area contributed by atoms with Gasteiger partial charge in [-0.3, -0.25) is 9.36 Å². The van der Waals surface area contributed by atoms with E-state index < -0.39 is 0 Å². The molecule has 1 N–H and O–H groups in total. The van der Waals surface area contributed by atoms with Crippen LogP contribution in [0.5, 0.6) is 0 Å². The average molecular weight is 291 g/mol. The molecule has 0 unspecified atom stereocenters. The van der Waals surface area contributed by atoms with E-state index in [1.165, 1.54) is 49.9 Å². The number of aromatic nitrogens is 2. The zero-order chi connectivity index (χ0) is 13.8. The second kappa shape index (κ2) is 6.50. The van der Waals surface area contributed by atoms with Crippen molar-refractivity contribution in [3.05, 3.63) is 28.1 Å². The Morgan fingerprint density at radius 3 is 2.90 bits per heavy atom. The fraction of sp³-hybridized carbons (Fsp3) is 0.600. The maximum Gasteiger partial charge on any atom is 0.271 e. The summed E-state index contributed by atoms with van der Waals surface area (Å²) in [4.78, 5) is 16.6. The topological polar surface area (TPSA) is 46.9 Å². The first-order chi connectivity index (χ1) is 9.84. The Hall–Kier alpha value is -1.20. The number of hydrogen-bond acceptors (Lipinski definition) is 4. The second-order valence-electron chi connectivity index (χ2n) is 5.52. The Balaban J connectivity index is 1.59. The number of thiophene rings is 1. The number of nitrogens with one attached hydrogen (secondary N) is 1. The van der Waals surface area contributed by atoms with Gasteiger partial charge in [0.15, 0.2) is 0 Å². The van der Waals surface area contributed by atoms with Crippen LogP contribution in [0.2, 0.25) is 0 Å². The third kappa shape index (κ3) is 3.10. The van der Waals surface area contributed by atoms with Crippen LogP contribution in [-0.2, 0) is 6.54 Å². The molecular weight excluding hydrogens is 270 g/mol. The summed E-state index contributed by atoms with van der Waals surface area (Å²) >= 11 is 1.48. The molecule has 2 heterocycles. The van der Waals surface area contributed by atoms with E-state index in [1.807, 2.05) is 11.4 Å². The van der Waals surface area contributed by atoms with Crippen molar-refractivity contribution >= 4 is 21.6 Å². The highest BCUT2D eigenvalue weighted by atomic mass is 32.1. The van der Waals surface area contributed by atoms with Crippen molar-refractivity contribution in [3.63, 3.8) is 0 Å². The van der Waals surface area contributed by atoms with Gasteiger partial charge in [0.2, 0.25) is 0 Å². The minimum atomic E-state index is 0.0904. The molecule has 0 spiro atoms. The van der Waals surface area contributed by atoms with Crippen molar-refractivity contribution in [2.45, 2.75) is 51.1 Å². The molecule has 0 amide bonds. The van der Waals surface area contributed by atoms with Crippen molar-refractivity contribution < 1.29 is 0 Å². The first-order valence-electron chi connectivity index (χ1n) is 7.50. The van der Waals surface area contributed by atoms with E-state index in [1.54, 1.807) is 10.9 Å². The smallest absolute Gasteiger partial charge is 0.271 e. The van der Waals surface area contributed by atoms with Crippen LogP contribution < -0.4 is 10.9 Å². The Bertz CT molecular complexity index is 611. The predicted octanol–water partition coefficient (Wildman–Crippen LogP) is 2.77. The van der Waals surface area contributed by atoms with Crippen LogP contribution in [0.1, 0.15) is 38.5 Å². The molecule has 4 nitrogen and oxygen atoms in total. The van der Waals surface area contributed by atoms with Crippen LogP contribution in [0.15, 0.2) is 22.6 Å². The molecule has 1 aliphatic rings. The highest BCUT2D eigenvalue weighted by molar-refractivity contribution is 7.17. The first-order valence-corrected chi connectivity index (χ1v) is 8.38. The van der Waals surface area contributed by atoms with E-state index in [4.69, 9.17) is 0 Å². The number of fused-ring (bicyclic) bond motifs is 1. The summed E-state index contributed by atoms with van der Waals surface area (Å²) in [6.45, 7) is 1.55. The van der Waals surface area contributed by atoms with E-state index in [-0.39, 0.29) is 5.56 Å². The Morgan fingerprint density at radius 2 is 2.10 bits per heavy atom. The molecule has 0 saturated heterocycles. The molecule has 5 heteroatoms. The van der Waals surface area contributed by atoms with Crippen molar-refractivity contribution in [2.24, 2.45) is 0 Å². The summed E-state index contributed by atoms with van der Waals surface area (Å²) in [5, 5.41) is 5.52. The van der Waals surface area contributed by atoms with Gasteiger partial charge in [-0.25, -0.2) is 4.98 Å². The van der Waals surface area contributed by atoms with Gasteiger partial charge in [-0.15, -0.1) is 11.3 Å². The first kappa shape index (κ1) is 13.8. The fourth-order valence-corrected chi connectivity index (χ4v) is 3.70. The molecule has 0 aromatic carbocycles. The third-order valence-corrected chi connectivity index (χ3v) is 4.97. The average Bonchev–Trinajstić information content (AvgIpc) is 2.79. The van der Waals surface area contributed by atoms with Gasteiger partial charge >= 0.3 is 0 Å². The van der Waals surface area contributed by atoms with E-state index in [0.717, 1.165) is 16.8 Å². The van der Waals surface area contributed by atoms with Gasteiger partial charge in [0, 0.05) is 19.1 Å². The van der Waals surface area contributed by atoms with E-state index in [2.05, 4.69) is 10.3 Å². The van der Waals surface area contributed by atoms with E-state index in [9.17, 15) is 4.79 Å². The summed E-state index contributed by atoms with van der Waals surface area (Å²) in [5.41, 5.74) is 0.903. The lowest BCUT2D eigenvalue weighted by Gasteiger charge is -2.16. The van der Waals surface area contributed by atoms with E-state index in [0.29, 0.717) is 12.6 Å². The molecule has 3 rings (SSSR count). The molecule has 0 atom stereocenters. The zero-order valence-corrected chi connectivity index (χ0v) is 12.5. The maximum atomic E-state index is 12.2. The van der Waals surface area contributed by atoms with Gasteiger partial charge < -0.3 is 5.32 Å². The lowest BCUT2D eigenvalue weighted by molar-refractivity contribution is 0.442. The molecule has 1 fully saturated rings. The summed E-state index contributed by atoms with van der Waals surface area (Å²) in [5.74, 6) is 0. The quantitative estimate of drug-likeness (QED) is 0.881. The predicted molar refractivity (Wildman–Crippen MR) is 83.4 cm³/mol. The minimum absolute atomic E-state index is 0.0904. The summed E-state index contributed by atoms with van der Waals surface area (Å²) in [7, 11) is 0. The van der Waals surface area contributed by atoms with Crippen LogP contribution in [0.3, 0.4) is 0 Å². The van der Waals surface area contributed by atoms with Crippen LogP contribution >= 0.6 is 11.3 Å². The van der Waals surface area contributed by atoms with Gasteiger partial charge in [-0.2, -0.15) is 0 Å². The molecule has 108 valence electrons. The summed E-state index contributed by atoms with van der Waals surface area (Å²) in [6, 6.07) is 2.53. The molecule has 2 aromatic rings. The third-order valence-electron chi connectivity index (χ3n) is 4.08. The minimum Gasteiger partial charge on any atom is -0.312 e. The molecule has 1 saturated carbocycles. The van der Waals surface area contributed by atoms with Gasteiger partial charge in [0.25, 0.3) is 5.56 Å². The monoisotopic (exact) mass is 291 g/mol. The molecule has 20 heavy (non-hydrogen) atoms. The molecular formula is C15H21N3OS. The SMILES string of the molecule is O=c1c2sccc2ncn1CCNC1CCCCCC1. The summed E-state index contributed by atoms with van der Waals surface area (Å²) < 4.78 is 2.49. The highest BCUT2D eigenvalue weighted by Gasteiger charge is 2.11. The molecule has 0 bridgehead atoms. The molecule has 0 aliphatic heterocycles.